The quantitative estimate of drug-likeness (QED) is 0.321. The van der Waals surface area contributed by atoms with E-state index in [0.717, 1.165) is 18.4 Å². The van der Waals surface area contributed by atoms with Gasteiger partial charge in [0.2, 0.25) is 0 Å². The number of methoxy groups -OCH3 is 1. The Labute approximate surface area is 164 Å². The van der Waals surface area contributed by atoms with Crippen LogP contribution in [0.25, 0.3) is 0 Å². The second kappa shape index (κ2) is 10.4. The summed E-state index contributed by atoms with van der Waals surface area (Å²) in [6, 6.07) is 8.78. The Bertz CT molecular complexity index is 719. The molecule has 152 valence electrons. The van der Waals surface area contributed by atoms with Crippen LogP contribution in [0.4, 0.5) is 4.79 Å². The Morgan fingerprint density at radius 2 is 1.93 bits per heavy atom. The number of nitrogens with zero attached hydrogens (tertiary/aromatic N) is 2. The van der Waals surface area contributed by atoms with E-state index in [1.807, 2.05) is 30.3 Å². The van der Waals surface area contributed by atoms with Gasteiger partial charge in [-0.15, -0.1) is 0 Å². The average molecular weight is 390 g/mol. The Balaban J connectivity index is 2.21. The molecule has 2 unspecified atom stereocenters. The summed E-state index contributed by atoms with van der Waals surface area (Å²) in [5.41, 5.74) is 0.710. The third-order valence-electron chi connectivity index (χ3n) is 4.61. The fourth-order valence-electron chi connectivity index (χ4n) is 3.27. The molecule has 0 aromatic heterocycles. The normalized spacial score (nSPS) is 18.2. The van der Waals surface area contributed by atoms with Gasteiger partial charge in [-0.05, 0) is 38.7 Å². The van der Waals surface area contributed by atoms with Gasteiger partial charge in [0.05, 0.1) is 19.8 Å². The van der Waals surface area contributed by atoms with Crippen LogP contribution in [0, 0.1) is 0 Å². The number of oxime groups is 1. The van der Waals surface area contributed by atoms with Crippen molar-refractivity contribution < 1.29 is 28.7 Å². The first-order chi connectivity index (χ1) is 13.5. The number of amides is 1. The second-order valence-electron chi connectivity index (χ2n) is 6.42. The maximum absolute atomic E-state index is 12.6. The van der Waals surface area contributed by atoms with E-state index in [1.165, 1.54) is 18.9 Å². The lowest BCUT2D eigenvalue weighted by Gasteiger charge is -2.38. The number of esters is 2. The van der Waals surface area contributed by atoms with Crippen LogP contribution in [0.2, 0.25) is 0 Å². The van der Waals surface area contributed by atoms with Gasteiger partial charge in [-0.3, -0.25) is 9.63 Å². The van der Waals surface area contributed by atoms with Gasteiger partial charge in [-0.2, -0.15) is 0 Å². The topological polar surface area (TPSA) is 94.5 Å². The zero-order valence-electron chi connectivity index (χ0n) is 16.4. The van der Waals surface area contributed by atoms with Gasteiger partial charge in [-0.25, -0.2) is 9.59 Å². The van der Waals surface area contributed by atoms with Gasteiger partial charge in [-0.1, -0.05) is 35.5 Å². The Hall–Kier alpha value is -2.90. The summed E-state index contributed by atoms with van der Waals surface area (Å²) in [7, 11) is 1.33. The molecule has 0 radical (unpaired) electrons. The molecule has 1 aliphatic heterocycles. The molecule has 8 nitrogen and oxygen atoms in total. The highest BCUT2D eigenvalue weighted by atomic mass is 16.7. The molecule has 1 aliphatic rings. The number of hydrogen-bond donors (Lipinski definition) is 0. The predicted octanol–water partition coefficient (Wildman–Crippen LogP) is 2.87. The summed E-state index contributed by atoms with van der Waals surface area (Å²) in [6.45, 7) is 3.70. The number of benzene rings is 1. The standard InChI is InChI=1S/C20H26N2O6/c1-4-27-18(23)14(2)21-28-20(25)22-13-9-8-12-16(22)17(19(24)26-3)15-10-6-5-7-11-15/h5-7,10-11,16-17H,4,8-9,12-13H2,1-3H3. The van der Waals surface area contributed by atoms with Gasteiger partial charge in [0.15, 0.2) is 5.71 Å². The summed E-state index contributed by atoms with van der Waals surface area (Å²) >= 11 is 0. The lowest BCUT2D eigenvalue weighted by Crippen LogP contribution is -2.48. The predicted molar refractivity (Wildman–Crippen MR) is 102 cm³/mol. The molecule has 1 aromatic carbocycles. The number of ether oxygens (including phenoxy) is 2. The molecule has 1 heterocycles. The van der Waals surface area contributed by atoms with E-state index in [2.05, 4.69) is 5.16 Å². The SMILES string of the molecule is CCOC(=O)C(C)=NOC(=O)N1CCCCC1C(C(=O)OC)c1ccccc1. The van der Waals surface area contributed by atoms with Crippen molar-refractivity contribution in [1.29, 1.82) is 0 Å². The van der Waals surface area contributed by atoms with Crippen molar-refractivity contribution in [3.05, 3.63) is 35.9 Å². The Morgan fingerprint density at radius 1 is 1.21 bits per heavy atom. The summed E-state index contributed by atoms with van der Waals surface area (Å²) in [6.07, 6.45) is 1.58. The van der Waals surface area contributed by atoms with Gasteiger partial charge >= 0.3 is 18.0 Å². The van der Waals surface area contributed by atoms with Gasteiger partial charge in [0.25, 0.3) is 0 Å². The first-order valence-corrected chi connectivity index (χ1v) is 9.31. The fourth-order valence-corrected chi connectivity index (χ4v) is 3.27. The minimum Gasteiger partial charge on any atom is -0.468 e. The molecule has 1 amide bonds. The van der Waals surface area contributed by atoms with Crippen LogP contribution in [0.3, 0.4) is 0 Å². The van der Waals surface area contributed by atoms with Crippen LogP contribution in [-0.2, 0) is 23.9 Å². The highest BCUT2D eigenvalue weighted by Crippen LogP contribution is 2.32. The molecule has 8 heteroatoms. The van der Waals surface area contributed by atoms with Crippen molar-refractivity contribution in [2.45, 2.75) is 45.1 Å². The summed E-state index contributed by atoms with van der Waals surface area (Å²) in [5, 5.41) is 3.58. The molecule has 0 bridgehead atoms. The Kier molecular flexibility index (Phi) is 7.98. The zero-order valence-corrected chi connectivity index (χ0v) is 16.4. The van der Waals surface area contributed by atoms with Crippen molar-refractivity contribution in [1.82, 2.24) is 4.90 Å². The monoisotopic (exact) mass is 390 g/mol. The summed E-state index contributed by atoms with van der Waals surface area (Å²) in [5.74, 6) is -1.70. The van der Waals surface area contributed by atoms with Crippen molar-refractivity contribution >= 4 is 23.7 Å². The molecule has 1 fully saturated rings. The lowest BCUT2D eigenvalue weighted by atomic mass is 9.85. The first kappa shape index (κ1) is 21.4. The third kappa shape index (κ3) is 5.31. The maximum Gasteiger partial charge on any atom is 0.436 e. The summed E-state index contributed by atoms with van der Waals surface area (Å²) < 4.78 is 9.81. The largest absolute Gasteiger partial charge is 0.468 e. The molecule has 0 aliphatic carbocycles. The van der Waals surface area contributed by atoms with Crippen LogP contribution >= 0.6 is 0 Å². The smallest absolute Gasteiger partial charge is 0.436 e. The van der Waals surface area contributed by atoms with Crippen LogP contribution in [0.15, 0.2) is 35.5 Å². The lowest BCUT2D eigenvalue weighted by molar-refractivity contribution is -0.144. The van der Waals surface area contributed by atoms with E-state index < -0.39 is 30.0 Å². The highest BCUT2D eigenvalue weighted by Gasteiger charge is 2.39. The minimum absolute atomic E-state index is 0.0589. The zero-order chi connectivity index (χ0) is 20.5. The molecular weight excluding hydrogens is 364 g/mol. The van der Waals surface area contributed by atoms with E-state index in [-0.39, 0.29) is 12.3 Å². The molecule has 28 heavy (non-hydrogen) atoms. The molecular formula is C20H26N2O6. The maximum atomic E-state index is 12.6. The van der Waals surface area contributed by atoms with Crippen LogP contribution in [0.1, 0.15) is 44.6 Å². The Morgan fingerprint density at radius 3 is 2.57 bits per heavy atom. The first-order valence-electron chi connectivity index (χ1n) is 9.31. The van der Waals surface area contributed by atoms with Gasteiger partial charge < -0.3 is 14.4 Å². The van der Waals surface area contributed by atoms with Crippen molar-refractivity contribution in [3.63, 3.8) is 0 Å². The van der Waals surface area contributed by atoms with Gasteiger partial charge in [0.1, 0.15) is 5.92 Å². The van der Waals surface area contributed by atoms with E-state index in [4.69, 9.17) is 14.3 Å². The van der Waals surface area contributed by atoms with E-state index in [1.54, 1.807) is 6.92 Å². The van der Waals surface area contributed by atoms with Crippen LogP contribution in [0.5, 0.6) is 0 Å². The number of piperidine rings is 1. The van der Waals surface area contributed by atoms with E-state index in [9.17, 15) is 14.4 Å². The van der Waals surface area contributed by atoms with Crippen molar-refractivity contribution in [2.24, 2.45) is 5.16 Å². The molecule has 1 saturated heterocycles. The number of carbonyl (C=O) groups is 3. The molecule has 2 rings (SSSR count). The van der Waals surface area contributed by atoms with Crippen molar-refractivity contribution in [2.75, 3.05) is 20.3 Å². The van der Waals surface area contributed by atoms with E-state index in [0.29, 0.717) is 13.0 Å². The highest BCUT2D eigenvalue weighted by molar-refractivity contribution is 6.35. The fraction of sp³-hybridized carbons (Fsp3) is 0.500. The number of carbonyl (C=O) groups excluding carboxylic acids is 3. The number of likely N-dealkylation sites (tertiary alicyclic amines) is 1. The minimum atomic E-state index is -0.710. The second-order valence-corrected chi connectivity index (χ2v) is 6.42. The third-order valence-corrected chi connectivity index (χ3v) is 4.61. The molecule has 0 saturated carbocycles. The average Bonchev–Trinajstić information content (AvgIpc) is 2.73. The van der Waals surface area contributed by atoms with Crippen LogP contribution < -0.4 is 0 Å². The number of rotatable bonds is 6. The molecule has 1 aromatic rings. The molecule has 0 spiro atoms. The van der Waals surface area contributed by atoms with Crippen molar-refractivity contribution in [3.8, 4) is 0 Å². The van der Waals surface area contributed by atoms with Gasteiger partial charge in [0, 0.05) is 6.54 Å². The van der Waals surface area contributed by atoms with Crippen LogP contribution in [-0.4, -0.2) is 54.9 Å². The summed E-state index contributed by atoms with van der Waals surface area (Å²) in [4.78, 5) is 43.2. The molecule has 2 atom stereocenters. The number of hydrogen-bond acceptors (Lipinski definition) is 7. The molecule has 0 N–H and O–H groups in total. The van der Waals surface area contributed by atoms with E-state index >= 15 is 0 Å².